The van der Waals surface area contributed by atoms with Crippen molar-refractivity contribution in [2.45, 2.75) is 50.6 Å². The van der Waals surface area contributed by atoms with Crippen LogP contribution in [0.4, 0.5) is 17.6 Å². The van der Waals surface area contributed by atoms with Crippen molar-refractivity contribution < 1.29 is 22.7 Å². The number of likely N-dealkylation sites (tertiary alicyclic amines) is 1. The van der Waals surface area contributed by atoms with Crippen molar-refractivity contribution in [3.8, 4) is 11.5 Å². The molecular formula is C25H26F4N6O. The average molecular weight is 503 g/mol. The zero-order valence-corrected chi connectivity index (χ0v) is 20.0. The number of para-hydroxylation sites is 1. The molecule has 1 aliphatic heterocycles. The Balaban J connectivity index is 1.66. The van der Waals surface area contributed by atoms with Gasteiger partial charge in [-0.15, -0.1) is 10.2 Å². The average Bonchev–Trinajstić information content (AvgIpc) is 3.33. The largest absolute Gasteiger partial charge is 0.408 e. The number of β-amino-alcohol motifs (C(OH)–C–C–N with tert-alkyl or cyclic N) is 1. The lowest BCUT2D eigenvalue weighted by molar-refractivity contribution is -0.184. The molecule has 3 aromatic heterocycles. The monoisotopic (exact) mass is 502 g/mol. The highest BCUT2D eigenvalue weighted by atomic mass is 19.4. The van der Waals surface area contributed by atoms with Crippen LogP contribution in [0, 0.1) is 5.82 Å². The summed E-state index contributed by atoms with van der Waals surface area (Å²) in [6, 6.07) is 6.78. The zero-order valence-electron chi connectivity index (χ0n) is 20.0. The molecule has 5 rings (SSSR count). The number of aliphatic hydroxyl groups is 1. The Morgan fingerprint density at radius 1 is 1.08 bits per heavy atom. The van der Waals surface area contributed by atoms with E-state index in [2.05, 4.69) is 15.2 Å². The van der Waals surface area contributed by atoms with Gasteiger partial charge in [0, 0.05) is 30.7 Å². The molecular weight excluding hydrogens is 476 g/mol. The molecule has 1 aromatic carbocycles. The standard InChI is InChI=1S/C25H26F4N6O/c1-24(2,3)15-6-4-5-13-9-16(26)21(31-20(13)15)23-33-32-19-8-7-14(10-35(19)23)22(25(27,28)29)34-11-17(30)18(36)12-34/h4-10,17-18,22,36H,11-12,30H2,1-3H3/t17-,18+,22-/m1/s1. The van der Waals surface area contributed by atoms with E-state index in [0.29, 0.717) is 10.9 Å². The second kappa shape index (κ2) is 8.46. The van der Waals surface area contributed by atoms with E-state index < -0.39 is 30.2 Å². The summed E-state index contributed by atoms with van der Waals surface area (Å²) in [6.07, 6.45) is -4.45. The van der Waals surface area contributed by atoms with E-state index >= 15 is 4.39 Å². The SMILES string of the molecule is CC(C)(C)c1cccc2cc(F)c(-c3nnc4ccc([C@@H](N5C[C@@H](N)[C@@H](O)C5)C(F)(F)F)cn34)nc12. The Hall–Kier alpha value is -3.15. The molecule has 1 fully saturated rings. The van der Waals surface area contributed by atoms with E-state index in [1.165, 1.54) is 28.8 Å². The van der Waals surface area contributed by atoms with Crippen LogP contribution in [0.25, 0.3) is 28.1 Å². The van der Waals surface area contributed by atoms with Gasteiger partial charge in [0.1, 0.15) is 11.7 Å². The molecule has 7 nitrogen and oxygen atoms in total. The molecule has 3 N–H and O–H groups in total. The van der Waals surface area contributed by atoms with E-state index in [1.807, 2.05) is 32.9 Å². The van der Waals surface area contributed by atoms with Crippen LogP contribution in [0.3, 0.4) is 0 Å². The molecule has 4 heterocycles. The number of hydrogen-bond donors (Lipinski definition) is 2. The Morgan fingerprint density at radius 2 is 1.83 bits per heavy atom. The summed E-state index contributed by atoms with van der Waals surface area (Å²) in [5.41, 5.74) is 7.02. The molecule has 1 aliphatic rings. The highest BCUT2D eigenvalue weighted by Crippen LogP contribution is 2.40. The Bertz CT molecular complexity index is 1430. The molecule has 0 spiro atoms. The molecule has 0 unspecified atom stereocenters. The molecule has 11 heteroatoms. The van der Waals surface area contributed by atoms with Crippen molar-refractivity contribution in [3.05, 3.63) is 59.5 Å². The number of aromatic nitrogens is 4. The van der Waals surface area contributed by atoms with Crippen LogP contribution in [0.2, 0.25) is 0 Å². The van der Waals surface area contributed by atoms with Gasteiger partial charge in [0.2, 0.25) is 0 Å². The first-order valence-electron chi connectivity index (χ1n) is 11.5. The third-order valence-corrected chi connectivity index (χ3v) is 6.60. The van der Waals surface area contributed by atoms with E-state index in [4.69, 9.17) is 5.73 Å². The summed E-state index contributed by atoms with van der Waals surface area (Å²) in [7, 11) is 0. The fraction of sp³-hybridized carbons (Fsp3) is 0.400. The topological polar surface area (TPSA) is 92.6 Å². The lowest BCUT2D eigenvalue weighted by atomic mass is 9.85. The normalized spacial score (nSPS) is 20.5. The highest BCUT2D eigenvalue weighted by Gasteiger charge is 2.48. The molecule has 0 aliphatic carbocycles. The first kappa shape index (κ1) is 24.5. The number of nitrogens with two attached hydrogens (primary N) is 1. The number of pyridine rings is 2. The minimum atomic E-state index is -4.64. The second-order valence-corrected chi connectivity index (χ2v) is 10.3. The van der Waals surface area contributed by atoms with E-state index in [1.54, 1.807) is 6.07 Å². The number of hydrogen-bond acceptors (Lipinski definition) is 6. The molecule has 190 valence electrons. The maximum atomic E-state index is 15.2. The minimum Gasteiger partial charge on any atom is -0.390 e. The van der Waals surface area contributed by atoms with Crippen molar-refractivity contribution in [2.75, 3.05) is 13.1 Å². The lowest BCUT2D eigenvalue weighted by Gasteiger charge is -2.29. The summed E-state index contributed by atoms with van der Waals surface area (Å²) in [5, 5.41) is 18.6. The molecule has 1 saturated heterocycles. The van der Waals surface area contributed by atoms with Crippen LogP contribution in [0.1, 0.15) is 37.9 Å². The van der Waals surface area contributed by atoms with Crippen LogP contribution in [0.5, 0.6) is 0 Å². The van der Waals surface area contributed by atoms with Crippen LogP contribution in [-0.4, -0.2) is 61.0 Å². The van der Waals surface area contributed by atoms with E-state index in [9.17, 15) is 18.3 Å². The van der Waals surface area contributed by atoms with Gasteiger partial charge in [-0.25, -0.2) is 9.37 Å². The molecule has 0 bridgehead atoms. The first-order valence-corrected chi connectivity index (χ1v) is 11.5. The zero-order chi connectivity index (χ0) is 26.0. The summed E-state index contributed by atoms with van der Waals surface area (Å²) < 4.78 is 59.1. The first-order chi connectivity index (χ1) is 16.8. The number of aliphatic hydroxyl groups excluding tert-OH is 1. The quantitative estimate of drug-likeness (QED) is 0.412. The number of fused-ring (bicyclic) bond motifs is 2. The number of nitrogens with zero attached hydrogens (tertiary/aromatic N) is 5. The predicted octanol–water partition coefficient (Wildman–Crippen LogP) is 3.99. The third kappa shape index (κ3) is 4.21. The molecule has 0 radical (unpaired) electrons. The van der Waals surface area contributed by atoms with Crippen LogP contribution in [0.15, 0.2) is 42.6 Å². The van der Waals surface area contributed by atoms with Crippen molar-refractivity contribution in [1.82, 2.24) is 24.5 Å². The van der Waals surface area contributed by atoms with Gasteiger partial charge in [-0.05, 0) is 28.7 Å². The maximum absolute atomic E-state index is 15.2. The summed E-state index contributed by atoms with van der Waals surface area (Å²) in [4.78, 5) is 5.68. The number of alkyl halides is 3. The summed E-state index contributed by atoms with van der Waals surface area (Å²) >= 11 is 0. The van der Waals surface area contributed by atoms with E-state index in [-0.39, 0.29) is 41.2 Å². The fourth-order valence-electron chi connectivity index (χ4n) is 4.83. The van der Waals surface area contributed by atoms with Crippen LogP contribution in [-0.2, 0) is 5.41 Å². The molecule has 36 heavy (non-hydrogen) atoms. The van der Waals surface area contributed by atoms with Gasteiger partial charge in [-0.1, -0.05) is 45.0 Å². The van der Waals surface area contributed by atoms with Gasteiger partial charge in [-0.3, -0.25) is 9.30 Å². The van der Waals surface area contributed by atoms with Gasteiger partial charge >= 0.3 is 6.18 Å². The second-order valence-electron chi connectivity index (χ2n) is 10.3. The number of halogens is 4. The number of benzene rings is 1. The lowest BCUT2D eigenvalue weighted by Crippen LogP contribution is -2.38. The fourth-order valence-corrected chi connectivity index (χ4v) is 4.83. The third-order valence-electron chi connectivity index (χ3n) is 6.60. The van der Waals surface area contributed by atoms with Crippen LogP contribution >= 0.6 is 0 Å². The Labute approximate surface area is 204 Å². The smallest absolute Gasteiger partial charge is 0.390 e. The predicted molar refractivity (Wildman–Crippen MR) is 127 cm³/mol. The maximum Gasteiger partial charge on any atom is 0.408 e. The van der Waals surface area contributed by atoms with Gasteiger partial charge in [0.05, 0.1) is 11.6 Å². The molecule has 0 amide bonds. The van der Waals surface area contributed by atoms with Crippen molar-refractivity contribution in [3.63, 3.8) is 0 Å². The van der Waals surface area contributed by atoms with Crippen molar-refractivity contribution in [2.24, 2.45) is 5.73 Å². The van der Waals surface area contributed by atoms with Crippen molar-refractivity contribution in [1.29, 1.82) is 0 Å². The summed E-state index contributed by atoms with van der Waals surface area (Å²) in [5.74, 6) is -0.664. The van der Waals surface area contributed by atoms with Gasteiger partial charge < -0.3 is 10.8 Å². The molecule has 4 aromatic rings. The minimum absolute atomic E-state index is 0.00551. The van der Waals surface area contributed by atoms with E-state index in [0.717, 1.165) is 10.5 Å². The van der Waals surface area contributed by atoms with Gasteiger partial charge in [0.25, 0.3) is 0 Å². The summed E-state index contributed by atoms with van der Waals surface area (Å²) in [6.45, 7) is 5.72. The molecule has 0 saturated carbocycles. The molecule has 3 atom stereocenters. The van der Waals surface area contributed by atoms with Crippen LogP contribution < -0.4 is 5.73 Å². The number of rotatable bonds is 3. The van der Waals surface area contributed by atoms with Crippen molar-refractivity contribution >= 4 is 16.6 Å². The Morgan fingerprint density at radius 3 is 2.47 bits per heavy atom. The van der Waals surface area contributed by atoms with Gasteiger partial charge in [-0.2, -0.15) is 13.2 Å². The Kier molecular flexibility index (Phi) is 5.77. The van der Waals surface area contributed by atoms with Gasteiger partial charge in [0.15, 0.2) is 17.3 Å². The highest BCUT2D eigenvalue weighted by molar-refractivity contribution is 5.85.